The fourth-order valence-corrected chi connectivity index (χ4v) is 5.35. The van der Waals surface area contributed by atoms with Crippen molar-refractivity contribution in [3.05, 3.63) is 53.4 Å². The van der Waals surface area contributed by atoms with Crippen LogP contribution >= 0.6 is 11.6 Å². The van der Waals surface area contributed by atoms with Gasteiger partial charge in [-0.25, -0.2) is 9.97 Å². The number of morpholine rings is 1. The van der Waals surface area contributed by atoms with Crippen LogP contribution < -0.4 is 16.0 Å². The van der Waals surface area contributed by atoms with E-state index in [2.05, 4.69) is 25.2 Å². The van der Waals surface area contributed by atoms with E-state index in [1.165, 1.54) is 6.33 Å². The van der Waals surface area contributed by atoms with Crippen molar-refractivity contribution < 1.29 is 9.53 Å². The first-order valence-corrected chi connectivity index (χ1v) is 13.1. The monoisotopic (exact) mass is 511 g/mol. The van der Waals surface area contributed by atoms with Gasteiger partial charge in [-0.2, -0.15) is 0 Å². The van der Waals surface area contributed by atoms with Crippen molar-refractivity contribution in [2.75, 3.05) is 50.8 Å². The summed E-state index contributed by atoms with van der Waals surface area (Å²) < 4.78 is 5.50. The number of carbonyl (C=O) groups excluding carboxylic acids is 1. The number of aromatic nitrogens is 3. The Kier molecular flexibility index (Phi) is 7.83. The molecule has 192 valence electrons. The molecule has 9 nitrogen and oxygen atoms in total. The van der Waals surface area contributed by atoms with Crippen LogP contribution in [0.25, 0.3) is 11.0 Å². The molecule has 0 radical (unpaired) electrons. The highest BCUT2D eigenvalue weighted by Gasteiger charge is 2.42. The Balaban J connectivity index is 1.54. The number of anilines is 1. The number of nitrogens with zero attached hydrogens (tertiary/aromatic N) is 4. The van der Waals surface area contributed by atoms with Gasteiger partial charge >= 0.3 is 0 Å². The SMILES string of the molecule is NC1(C(=O)N(c2ncnc3[nH]ccc23)C(CCCN2CCOCC2)c2ccc(Cl)cc2)CCNCC1. The molecule has 2 aromatic heterocycles. The standard InChI is InChI=1S/C26H34ClN7O2/c27-20-5-3-19(4-6-20)22(2-1-13-33-14-16-36-17-15-33)34(25(35)26(28)8-11-29-12-9-26)24-21-7-10-30-23(21)31-18-32-24/h3-7,10,18,22,29H,1-2,8-9,11-17,28H2,(H,30,31,32). The number of hydrogen-bond acceptors (Lipinski definition) is 7. The topological polar surface area (TPSA) is 112 Å². The summed E-state index contributed by atoms with van der Waals surface area (Å²) in [6.45, 7) is 5.76. The molecule has 1 amide bonds. The second-order valence-electron chi connectivity index (χ2n) is 9.68. The molecule has 1 aromatic carbocycles. The number of amides is 1. The lowest BCUT2D eigenvalue weighted by molar-refractivity contribution is -0.125. The third-order valence-corrected chi connectivity index (χ3v) is 7.58. The Morgan fingerprint density at radius 1 is 1.17 bits per heavy atom. The number of benzene rings is 1. The largest absolute Gasteiger partial charge is 0.379 e. The van der Waals surface area contributed by atoms with Crippen LogP contribution in [-0.2, 0) is 9.53 Å². The van der Waals surface area contributed by atoms with E-state index >= 15 is 0 Å². The van der Waals surface area contributed by atoms with Crippen LogP contribution in [0, 0.1) is 0 Å². The molecule has 1 atom stereocenters. The highest BCUT2D eigenvalue weighted by Crippen LogP contribution is 2.36. The zero-order chi connectivity index (χ0) is 25.0. The molecule has 1 unspecified atom stereocenters. The first-order chi connectivity index (χ1) is 17.5. The van der Waals surface area contributed by atoms with Crippen molar-refractivity contribution in [3.8, 4) is 0 Å². The van der Waals surface area contributed by atoms with Gasteiger partial charge in [0.05, 0.1) is 30.2 Å². The zero-order valence-electron chi connectivity index (χ0n) is 20.5. The number of nitrogens with one attached hydrogen (secondary N) is 2. The Hall–Kier alpha value is -2.56. The van der Waals surface area contributed by atoms with Gasteiger partial charge in [0.25, 0.3) is 0 Å². The molecule has 0 aliphatic carbocycles. The second-order valence-corrected chi connectivity index (χ2v) is 10.1. The van der Waals surface area contributed by atoms with Gasteiger partial charge in [0.1, 0.15) is 17.8 Å². The number of halogens is 1. The van der Waals surface area contributed by atoms with E-state index in [0.717, 1.165) is 56.6 Å². The van der Waals surface area contributed by atoms with Crippen LogP contribution in [0.2, 0.25) is 5.02 Å². The summed E-state index contributed by atoms with van der Waals surface area (Å²) in [7, 11) is 0. The van der Waals surface area contributed by atoms with Crippen LogP contribution in [0.4, 0.5) is 5.82 Å². The zero-order valence-corrected chi connectivity index (χ0v) is 21.2. The number of rotatable bonds is 8. The molecule has 4 heterocycles. The van der Waals surface area contributed by atoms with E-state index in [1.54, 1.807) is 0 Å². The van der Waals surface area contributed by atoms with Gasteiger partial charge in [0, 0.05) is 24.3 Å². The predicted molar refractivity (Wildman–Crippen MR) is 141 cm³/mol. The quantitative estimate of drug-likeness (QED) is 0.426. The van der Waals surface area contributed by atoms with E-state index in [0.29, 0.717) is 42.4 Å². The molecule has 3 aromatic rings. The Bertz CT molecular complexity index is 1160. The van der Waals surface area contributed by atoms with Crippen LogP contribution in [0.5, 0.6) is 0 Å². The summed E-state index contributed by atoms with van der Waals surface area (Å²) in [5.74, 6) is 0.484. The molecule has 0 bridgehead atoms. The smallest absolute Gasteiger partial charge is 0.248 e. The maximum absolute atomic E-state index is 14.4. The summed E-state index contributed by atoms with van der Waals surface area (Å²) in [6, 6.07) is 9.43. The third-order valence-electron chi connectivity index (χ3n) is 7.32. The average molecular weight is 512 g/mol. The van der Waals surface area contributed by atoms with Crippen LogP contribution in [0.3, 0.4) is 0 Å². The number of H-pyrrole nitrogens is 1. The number of carbonyl (C=O) groups is 1. The second kappa shape index (κ2) is 11.2. The minimum atomic E-state index is -0.965. The molecule has 0 saturated carbocycles. The molecule has 2 aliphatic heterocycles. The molecule has 2 aliphatic rings. The highest BCUT2D eigenvalue weighted by atomic mass is 35.5. The number of piperidine rings is 1. The highest BCUT2D eigenvalue weighted by molar-refractivity contribution is 6.30. The number of aromatic amines is 1. The summed E-state index contributed by atoms with van der Waals surface area (Å²) in [5.41, 5.74) is 7.56. The van der Waals surface area contributed by atoms with E-state index in [9.17, 15) is 4.79 Å². The maximum Gasteiger partial charge on any atom is 0.248 e. The van der Waals surface area contributed by atoms with E-state index < -0.39 is 5.54 Å². The van der Waals surface area contributed by atoms with E-state index in [-0.39, 0.29) is 11.9 Å². The third kappa shape index (κ3) is 5.40. The Morgan fingerprint density at radius 2 is 1.92 bits per heavy atom. The van der Waals surface area contributed by atoms with Crippen molar-refractivity contribution in [2.24, 2.45) is 5.73 Å². The number of nitrogens with two attached hydrogens (primary N) is 1. The van der Waals surface area contributed by atoms with Crippen LogP contribution in [0.1, 0.15) is 37.3 Å². The Labute approximate surface area is 216 Å². The van der Waals surface area contributed by atoms with Gasteiger partial charge in [-0.1, -0.05) is 23.7 Å². The van der Waals surface area contributed by atoms with Crippen molar-refractivity contribution in [1.29, 1.82) is 0 Å². The Morgan fingerprint density at radius 3 is 2.67 bits per heavy atom. The van der Waals surface area contributed by atoms with Crippen molar-refractivity contribution in [3.63, 3.8) is 0 Å². The molecule has 36 heavy (non-hydrogen) atoms. The van der Waals surface area contributed by atoms with Gasteiger partial charge < -0.3 is 20.8 Å². The fourth-order valence-electron chi connectivity index (χ4n) is 5.23. The molecule has 2 saturated heterocycles. The predicted octanol–water partition coefficient (Wildman–Crippen LogP) is 2.88. The van der Waals surface area contributed by atoms with Crippen molar-refractivity contribution in [2.45, 2.75) is 37.3 Å². The number of fused-ring (bicyclic) bond motifs is 1. The van der Waals surface area contributed by atoms with Gasteiger partial charge in [0.2, 0.25) is 5.91 Å². The number of ether oxygens (including phenoxy) is 1. The molecule has 4 N–H and O–H groups in total. The van der Waals surface area contributed by atoms with Crippen LogP contribution in [0.15, 0.2) is 42.9 Å². The average Bonchev–Trinajstić information content (AvgIpc) is 3.39. The minimum absolute atomic E-state index is 0.100. The fraction of sp³-hybridized carbons (Fsp3) is 0.500. The first kappa shape index (κ1) is 25.1. The lowest BCUT2D eigenvalue weighted by Crippen LogP contribution is -2.60. The lowest BCUT2D eigenvalue weighted by atomic mass is 9.86. The van der Waals surface area contributed by atoms with Crippen molar-refractivity contribution in [1.82, 2.24) is 25.2 Å². The molecule has 0 spiro atoms. The first-order valence-electron chi connectivity index (χ1n) is 12.7. The molecule has 10 heteroatoms. The maximum atomic E-state index is 14.4. The summed E-state index contributed by atoms with van der Waals surface area (Å²) >= 11 is 6.24. The summed E-state index contributed by atoms with van der Waals surface area (Å²) in [4.78, 5) is 30.8. The van der Waals surface area contributed by atoms with Crippen LogP contribution in [-0.4, -0.2) is 77.2 Å². The van der Waals surface area contributed by atoms with Gasteiger partial charge in [-0.15, -0.1) is 0 Å². The lowest BCUT2D eigenvalue weighted by Gasteiger charge is -2.40. The molecular formula is C26H34ClN7O2. The molecule has 5 rings (SSSR count). The summed E-state index contributed by atoms with van der Waals surface area (Å²) in [6.07, 6.45) is 6.15. The van der Waals surface area contributed by atoms with Gasteiger partial charge in [-0.05, 0) is 69.1 Å². The minimum Gasteiger partial charge on any atom is -0.379 e. The normalized spacial score (nSPS) is 19.3. The summed E-state index contributed by atoms with van der Waals surface area (Å²) in [5, 5.41) is 4.79. The number of hydrogen-bond donors (Lipinski definition) is 3. The molecular weight excluding hydrogens is 478 g/mol. The van der Waals surface area contributed by atoms with E-state index in [4.69, 9.17) is 22.1 Å². The van der Waals surface area contributed by atoms with Crippen molar-refractivity contribution >= 4 is 34.4 Å². The van der Waals surface area contributed by atoms with Gasteiger partial charge in [0.15, 0.2) is 0 Å². The van der Waals surface area contributed by atoms with Gasteiger partial charge in [-0.3, -0.25) is 14.6 Å². The van der Waals surface area contributed by atoms with E-state index in [1.807, 2.05) is 41.4 Å². The molecule has 2 fully saturated rings.